The molecule has 0 aliphatic carbocycles. The molecule has 0 unspecified atom stereocenters. The van der Waals surface area contributed by atoms with E-state index in [0.29, 0.717) is 0 Å². The SMILES string of the molecule is CN1C(=O)CO[C@H]2CCN(Cc3cncn3C)CC[C@@H]21. The van der Waals surface area contributed by atoms with Gasteiger partial charge in [0.1, 0.15) is 6.61 Å². The number of imidazole rings is 1. The molecule has 1 amide bonds. The largest absolute Gasteiger partial charge is 0.366 e. The summed E-state index contributed by atoms with van der Waals surface area (Å²) in [6, 6.07) is 0.229. The van der Waals surface area contributed by atoms with Crippen molar-refractivity contribution in [1.29, 1.82) is 0 Å². The van der Waals surface area contributed by atoms with E-state index in [2.05, 4.69) is 14.5 Å². The lowest BCUT2D eigenvalue weighted by molar-refractivity contribution is -0.154. The summed E-state index contributed by atoms with van der Waals surface area (Å²) in [5.41, 5.74) is 1.22. The van der Waals surface area contributed by atoms with Crippen molar-refractivity contribution in [2.75, 3.05) is 26.7 Å². The van der Waals surface area contributed by atoms with Gasteiger partial charge in [-0.25, -0.2) is 4.98 Å². The lowest BCUT2D eigenvalue weighted by atomic mass is 10.0. The van der Waals surface area contributed by atoms with Crippen LogP contribution in [0.1, 0.15) is 18.5 Å². The van der Waals surface area contributed by atoms with Gasteiger partial charge in [-0.3, -0.25) is 9.69 Å². The molecular formula is C14H22N4O2. The van der Waals surface area contributed by atoms with Gasteiger partial charge in [-0.1, -0.05) is 0 Å². The number of aryl methyl sites for hydroxylation is 1. The average Bonchev–Trinajstić information content (AvgIpc) is 2.72. The molecule has 2 aliphatic rings. The number of ether oxygens (including phenoxy) is 1. The molecule has 2 aliphatic heterocycles. The van der Waals surface area contributed by atoms with Crippen molar-refractivity contribution < 1.29 is 9.53 Å². The van der Waals surface area contributed by atoms with E-state index < -0.39 is 0 Å². The number of likely N-dealkylation sites (tertiary alicyclic amines) is 1. The highest BCUT2D eigenvalue weighted by Gasteiger charge is 2.36. The average molecular weight is 278 g/mol. The van der Waals surface area contributed by atoms with Crippen LogP contribution in [0.5, 0.6) is 0 Å². The fraction of sp³-hybridized carbons (Fsp3) is 0.714. The number of hydrogen-bond acceptors (Lipinski definition) is 4. The first-order valence-corrected chi connectivity index (χ1v) is 7.20. The molecule has 0 saturated carbocycles. The maximum absolute atomic E-state index is 11.7. The Balaban J connectivity index is 1.65. The topological polar surface area (TPSA) is 50.6 Å². The second kappa shape index (κ2) is 5.54. The summed E-state index contributed by atoms with van der Waals surface area (Å²) in [4.78, 5) is 20.2. The number of carbonyl (C=O) groups excluding carboxylic acids is 1. The van der Waals surface area contributed by atoms with E-state index >= 15 is 0 Å². The molecule has 2 atom stereocenters. The Kier molecular flexibility index (Phi) is 3.76. The summed E-state index contributed by atoms with van der Waals surface area (Å²) in [5, 5.41) is 0. The molecule has 20 heavy (non-hydrogen) atoms. The number of hydrogen-bond donors (Lipinski definition) is 0. The monoisotopic (exact) mass is 278 g/mol. The van der Waals surface area contributed by atoms with E-state index in [0.717, 1.165) is 32.5 Å². The van der Waals surface area contributed by atoms with E-state index in [1.807, 2.05) is 31.5 Å². The Hall–Kier alpha value is -1.40. The molecule has 1 aromatic rings. The summed E-state index contributed by atoms with van der Waals surface area (Å²) < 4.78 is 7.78. The molecule has 3 rings (SSSR count). The van der Waals surface area contributed by atoms with Crippen LogP contribution >= 0.6 is 0 Å². The van der Waals surface area contributed by atoms with Crippen LogP contribution in [0.3, 0.4) is 0 Å². The Morgan fingerprint density at radius 3 is 2.90 bits per heavy atom. The highest BCUT2D eigenvalue weighted by atomic mass is 16.5. The Labute approximate surface area is 119 Å². The second-order valence-electron chi connectivity index (χ2n) is 5.77. The van der Waals surface area contributed by atoms with E-state index in [4.69, 9.17) is 4.74 Å². The number of nitrogens with zero attached hydrogens (tertiary/aromatic N) is 4. The van der Waals surface area contributed by atoms with Crippen molar-refractivity contribution in [3.8, 4) is 0 Å². The van der Waals surface area contributed by atoms with Crippen molar-refractivity contribution in [3.05, 3.63) is 18.2 Å². The number of amides is 1. The van der Waals surface area contributed by atoms with Gasteiger partial charge in [-0.2, -0.15) is 0 Å². The zero-order valence-corrected chi connectivity index (χ0v) is 12.2. The minimum Gasteiger partial charge on any atom is -0.366 e. The third-order valence-electron chi connectivity index (χ3n) is 4.51. The summed E-state index contributed by atoms with van der Waals surface area (Å²) in [6.07, 6.45) is 5.91. The Bertz CT molecular complexity index is 487. The molecule has 0 bridgehead atoms. The fourth-order valence-corrected chi connectivity index (χ4v) is 3.14. The van der Waals surface area contributed by atoms with Crippen LogP contribution in [0.15, 0.2) is 12.5 Å². The van der Waals surface area contributed by atoms with Gasteiger partial charge in [-0.05, 0) is 12.8 Å². The fourth-order valence-electron chi connectivity index (χ4n) is 3.14. The summed E-state index contributed by atoms with van der Waals surface area (Å²) in [6.45, 7) is 3.15. The maximum atomic E-state index is 11.7. The zero-order chi connectivity index (χ0) is 14.1. The molecule has 6 nitrogen and oxygen atoms in total. The van der Waals surface area contributed by atoms with Gasteiger partial charge in [0.25, 0.3) is 0 Å². The zero-order valence-electron chi connectivity index (χ0n) is 12.2. The standard InChI is InChI=1S/C14H22N4O2/c1-16-10-15-7-11(16)8-18-5-3-12-13(4-6-18)20-9-14(19)17(12)2/h7,10,12-13H,3-6,8-9H2,1-2H3/t12-,13-/m0/s1. The van der Waals surface area contributed by atoms with Gasteiger partial charge in [0.15, 0.2) is 0 Å². The molecule has 0 aromatic carbocycles. The Morgan fingerprint density at radius 2 is 2.15 bits per heavy atom. The Morgan fingerprint density at radius 1 is 1.35 bits per heavy atom. The van der Waals surface area contributed by atoms with Crippen LogP contribution in [-0.2, 0) is 23.1 Å². The summed E-state index contributed by atoms with van der Waals surface area (Å²) in [7, 11) is 3.93. The number of aromatic nitrogens is 2. The lowest BCUT2D eigenvalue weighted by Crippen LogP contribution is -2.52. The van der Waals surface area contributed by atoms with Crippen molar-refractivity contribution >= 4 is 5.91 Å². The number of fused-ring (bicyclic) bond motifs is 1. The molecule has 0 spiro atoms. The molecule has 2 saturated heterocycles. The number of likely N-dealkylation sites (N-methyl/N-ethyl adjacent to an activating group) is 1. The number of morpholine rings is 1. The van der Waals surface area contributed by atoms with Crippen molar-refractivity contribution in [1.82, 2.24) is 19.4 Å². The van der Waals surface area contributed by atoms with E-state index in [9.17, 15) is 4.79 Å². The third kappa shape index (κ3) is 2.58. The molecule has 0 N–H and O–H groups in total. The molecule has 110 valence electrons. The second-order valence-corrected chi connectivity index (χ2v) is 5.77. The third-order valence-corrected chi connectivity index (χ3v) is 4.51. The van der Waals surface area contributed by atoms with Gasteiger partial charge in [-0.15, -0.1) is 0 Å². The minimum atomic E-state index is 0.103. The molecule has 0 radical (unpaired) electrons. The quantitative estimate of drug-likeness (QED) is 0.778. The van der Waals surface area contributed by atoms with Gasteiger partial charge in [0.2, 0.25) is 5.91 Å². The van der Waals surface area contributed by atoms with Gasteiger partial charge < -0.3 is 14.2 Å². The molecule has 1 aromatic heterocycles. The predicted octanol–water partition coefficient (Wildman–Crippen LogP) is 0.242. The lowest BCUT2D eigenvalue weighted by Gasteiger charge is -2.37. The first kappa shape index (κ1) is 13.6. The maximum Gasteiger partial charge on any atom is 0.248 e. The van der Waals surface area contributed by atoms with E-state index in [1.54, 1.807) is 0 Å². The normalized spacial score (nSPS) is 28.3. The highest BCUT2D eigenvalue weighted by molar-refractivity contribution is 5.78. The summed E-state index contributed by atoms with van der Waals surface area (Å²) in [5.74, 6) is 0.103. The number of rotatable bonds is 2. The van der Waals surface area contributed by atoms with Gasteiger partial charge in [0.05, 0.1) is 24.2 Å². The number of carbonyl (C=O) groups is 1. The van der Waals surface area contributed by atoms with Crippen molar-refractivity contribution in [2.24, 2.45) is 7.05 Å². The van der Waals surface area contributed by atoms with Crippen molar-refractivity contribution in [2.45, 2.75) is 31.5 Å². The van der Waals surface area contributed by atoms with Crippen LogP contribution in [-0.4, -0.2) is 64.1 Å². The van der Waals surface area contributed by atoms with Gasteiger partial charge >= 0.3 is 0 Å². The summed E-state index contributed by atoms with van der Waals surface area (Å²) >= 11 is 0. The molecule has 3 heterocycles. The smallest absolute Gasteiger partial charge is 0.248 e. The highest BCUT2D eigenvalue weighted by Crippen LogP contribution is 2.23. The van der Waals surface area contributed by atoms with E-state index in [1.165, 1.54) is 5.69 Å². The van der Waals surface area contributed by atoms with E-state index in [-0.39, 0.29) is 24.7 Å². The first-order valence-electron chi connectivity index (χ1n) is 7.20. The molecule has 2 fully saturated rings. The molecular weight excluding hydrogens is 256 g/mol. The van der Waals surface area contributed by atoms with Gasteiger partial charge in [0, 0.05) is 39.9 Å². The van der Waals surface area contributed by atoms with Crippen LogP contribution in [0.4, 0.5) is 0 Å². The van der Waals surface area contributed by atoms with Crippen LogP contribution in [0.25, 0.3) is 0 Å². The first-order chi connectivity index (χ1) is 9.65. The van der Waals surface area contributed by atoms with Crippen LogP contribution in [0.2, 0.25) is 0 Å². The van der Waals surface area contributed by atoms with Crippen LogP contribution < -0.4 is 0 Å². The predicted molar refractivity (Wildman–Crippen MR) is 74.0 cm³/mol. The van der Waals surface area contributed by atoms with Crippen LogP contribution in [0, 0.1) is 0 Å². The van der Waals surface area contributed by atoms with Crippen molar-refractivity contribution in [3.63, 3.8) is 0 Å². The minimum absolute atomic E-state index is 0.103. The molecule has 6 heteroatoms.